The molecule has 1 saturated heterocycles. The third-order valence-corrected chi connectivity index (χ3v) is 5.92. The van der Waals surface area contributed by atoms with Gasteiger partial charge >= 0.3 is 17.9 Å². The summed E-state index contributed by atoms with van der Waals surface area (Å²) in [6.45, 7) is 9.79. The van der Waals surface area contributed by atoms with E-state index in [9.17, 15) is 14.4 Å². The van der Waals surface area contributed by atoms with Crippen LogP contribution in [0.1, 0.15) is 64.6 Å². The van der Waals surface area contributed by atoms with Gasteiger partial charge in [0, 0.05) is 19.8 Å². The highest BCUT2D eigenvalue weighted by Gasteiger charge is 2.34. The van der Waals surface area contributed by atoms with Crippen LogP contribution in [0.5, 0.6) is 0 Å². The molecule has 1 aliphatic rings. The Morgan fingerprint density at radius 3 is 2.47 bits per heavy atom. The van der Waals surface area contributed by atoms with Gasteiger partial charge in [-0.3, -0.25) is 14.9 Å². The molecule has 3 N–H and O–H groups in total. The van der Waals surface area contributed by atoms with E-state index in [0.29, 0.717) is 30.0 Å². The smallest absolute Gasteiger partial charge is 0.413 e. The number of carbonyl (C=O) groups excluding carboxylic acids is 3. The van der Waals surface area contributed by atoms with Gasteiger partial charge in [-0.25, -0.2) is 14.8 Å². The maximum atomic E-state index is 13.2. The summed E-state index contributed by atoms with van der Waals surface area (Å²) in [7, 11) is 1.80. The predicted octanol–water partition coefficient (Wildman–Crippen LogP) is 4.37. The molecule has 0 aromatic carbocycles. The minimum Gasteiger partial charge on any atom is -0.444 e. The molecule has 2 aromatic rings. The average molecular weight is 497 g/mol. The van der Waals surface area contributed by atoms with Gasteiger partial charge in [-0.15, -0.1) is 0 Å². The largest absolute Gasteiger partial charge is 0.444 e. The maximum Gasteiger partial charge on any atom is 0.413 e. The van der Waals surface area contributed by atoms with Crippen molar-refractivity contribution >= 4 is 35.2 Å². The average Bonchev–Trinajstić information content (AvgIpc) is 2.83. The molecule has 3 heterocycles. The van der Waals surface area contributed by atoms with Gasteiger partial charge in [0.2, 0.25) is 0 Å². The molecule has 194 valence electrons. The first kappa shape index (κ1) is 26.9. The van der Waals surface area contributed by atoms with E-state index in [2.05, 4.69) is 32.8 Å². The van der Waals surface area contributed by atoms with E-state index in [4.69, 9.17) is 4.74 Å². The summed E-state index contributed by atoms with van der Waals surface area (Å²) in [4.78, 5) is 48.6. The zero-order valence-corrected chi connectivity index (χ0v) is 21.8. The van der Waals surface area contributed by atoms with E-state index in [0.717, 1.165) is 24.2 Å². The molecule has 0 bridgehead atoms. The highest BCUT2D eigenvalue weighted by Crippen LogP contribution is 2.33. The van der Waals surface area contributed by atoms with Crippen LogP contribution >= 0.6 is 0 Å². The number of nitrogens with zero attached hydrogens (tertiary/aromatic N) is 3. The van der Waals surface area contributed by atoms with Gasteiger partial charge in [-0.1, -0.05) is 19.9 Å². The monoisotopic (exact) mass is 496 g/mol. The first-order chi connectivity index (χ1) is 17.0. The molecule has 0 spiro atoms. The molecule has 3 amide bonds. The molecule has 10 heteroatoms. The Hall–Kier alpha value is -3.69. The number of pyridine rings is 2. The lowest BCUT2D eigenvalue weighted by atomic mass is 9.90. The molecule has 1 aliphatic heterocycles. The molecular weight excluding hydrogens is 460 g/mol. The third kappa shape index (κ3) is 6.93. The Bertz CT molecular complexity index is 1100. The lowest BCUT2D eigenvalue weighted by Crippen LogP contribution is -2.46. The van der Waals surface area contributed by atoms with Crippen LogP contribution in [0.25, 0.3) is 0 Å². The predicted molar refractivity (Wildman–Crippen MR) is 139 cm³/mol. The lowest BCUT2D eigenvalue weighted by molar-refractivity contribution is -0.146. The molecule has 2 unspecified atom stereocenters. The summed E-state index contributed by atoms with van der Waals surface area (Å²) in [6, 6.07) is 5.27. The minimum atomic E-state index is -0.731. The van der Waals surface area contributed by atoms with Gasteiger partial charge in [0.25, 0.3) is 0 Å². The van der Waals surface area contributed by atoms with Crippen molar-refractivity contribution in [3.05, 3.63) is 41.7 Å². The van der Waals surface area contributed by atoms with Crippen LogP contribution in [-0.2, 0) is 20.7 Å². The van der Waals surface area contributed by atoms with Gasteiger partial charge in [0.15, 0.2) is 0 Å². The van der Waals surface area contributed by atoms with Crippen molar-refractivity contribution in [2.75, 3.05) is 29.5 Å². The number of piperidine rings is 1. The van der Waals surface area contributed by atoms with E-state index in [1.807, 2.05) is 19.1 Å². The maximum absolute atomic E-state index is 13.2. The second-order valence-corrected chi connectivity index (χ2v) is 10.0. The molecule has 0 saturated carbocycles. The van der Waals surface area contributed by atoms with Crippen molar-refractivity contribution in [2.24, 2.45) is 5.92 Å². The van der Waals surface area contributed by atoms with Crippen LogP contribution in [0.2, 0.25) is 0 Å². The number of amides is 3. The molecule has 2 atom stereocenters. The van der Waals surface area contributed by atoms with Gasteiger partial charge in [0.1, 0.15) is 17.2 Å². The second kappa shape index (κ2) is 11.4. The number of aryl methyl sites for hydroxylation is 1. The Morgan fingerprint density at radius 2 is 1.86 bits per heavy atom. The number of carbonyl (C=O) groups is 3. The number of likely N-dealkylation sites (tertiary alicyclic amines) is 1. The number of anilines is 3. The summed E-state index contributed by atoms with van der Waals surface area (Å²) in [5.74, 6) is 0.0406. The van der Waals surface area contributed by atoms with Crippen molar-refractivity contribution < 1.29 is 19.1 Å². The summed E-state index contributed by atoms with van der Waals surface area (Å²) < 4.78 is 5.28. The van der Waals surface area contributed by atoms with Crippen molar-refractivity contribution in [1.82, 2.24) is 14.9 Å². The molecule has 0 radical (unpaired) electrons. The fourth-order valence-corrected chi connectivity index (χ4v) is 4.15. The summed E-state index contributed by atoms with van der Waals surface area (Å²) in [5.41, 5.74) is 1.34. The number of hydrogen-bond acceptors (Lipinski definition) is 7. The van der Waals surface area contributed by atoms with Crippen molar-refractivity contribution in [1.29, 1.82) is 0 Å². The Balaban J connectivity index is 1.73. The molecule has 3 rings (SSSR count). The number of hydrogen-bond donors (Lipinski definition) is 3. The van der Waals surface area contributed by atoms with Gasteiger partial charge < -0.3 is 20.3 Å². The normalized spacial score (nSPS) is 17.8. The van der Waals surface area contributed by atoms with Gasteiger partial charge in [-0.2, -0.15) is 0 Å². The van der Waals surface area contributed by atoms with Crippen LogP contribution in [-0.4, -0.2) is 52.0 Å². The number of ether oxygens (including phenoxy) is 1. The van der Waals surface area contributed by atoms with Crippen LogP contribution in [0.3, 0.4) is 0 Å². The lowest BCUT2D eigenvalue weighted by Gasteiger charge is -2.38. The fourth-order valence-electron chi connectivity index (χ4n) is 4.15. The quantitative estimate of drug-likeness (QED) is 0.525. The Morgan fingerprint density at radius 1 is 1.11 bits per heavy atom. The highest BCUT2D eigenvalue weighted by atomic mass is 16.6. The summed E-state index contributed by atoms with van der Waals surface area (Å²) in [6.07, 6.45) is 4.82. The zero-order chi connectivity index (χ0) is 26.5. The van der Waals surface area contributed by atoms with Crippen molar-refractivity contribution in [2.45, 2.75) is 65.5 Å². The summed E-state index contributed by atoms with van der Waals surface area (Å²) >= 11 is 0. The Labute approximate surface area is 212 Å². The van der Waals surface area contributed by atoms with Crippen molar-refractivity contribution in [3.63, 3.8) is 0 Å². The van der Waals surface area contributed by atoms with Gasteiger partial charge in [0.05, 0.1) is 17.9 Å². The highest BCUT2D eigenvalue weighted by molar-refractivity contribution is 6.39. The molecule has 1 fully saturated rings. The van der Waals surface area contributed by atoms with Crippen LogP contribution in [0.4, 0.5) is 22.1 Å². The fraction of sp³-hybridized carbons (Fsp3) is 0.500. The van der Waals surface area contributed by atoms with Crippen molar-refractivity contribution in [3.8, 4) is 0 Å². The van der Waals surface area contributed by atoms with Crippen LogP contribution < -0.4 is 16.0 Å². The Kier molecular flexibility index (Phi) is 8.49. The third-order valence-electron chi connectivity index (χ3n) is 5.92. The minimum absolute atomic E-state index is 0.220. The summed E-state index contributed by atoms with van der Waals surface area (Å²) in [5, 5.41) is 8.30. The van der Waals surface area contributed by atoms with E-state index in [1.54, 1.807) is 45.0 Å². The molecule has 2 aromatic heterocycles. The number of nitrogens with one attached hydrogen (secondary N) is 3. The van der Waals surface area contributed by atoms with E-state index < -0.39 is 23.5 Å². The molecule has 10 nitrogen and oxygen atoms in total. The SMILES string of the molecule is CCc1cc(NC(=O)C(=O)N2CC(C)CCC2c2ccc(NC)nc2)cnc1NC(=O)OC(C)(C)C. The topological polar surface area (TPSA) is 126 Å². The standard InChI is InChI=1S/C26H36N6O4/c1-7-17-12-19(14-29-22(17)31-25(35)36-26(3,4)5)30-23(33)24(34)32-15-16(2)8-10-20(32)18-9-11-21(27-6)28-13-18/h9,11-14,16,20H,7-8,10,15H2,1-6H3,(H,27,28)(H,30,33)(H,29,31,35). The second-order valence-electron chi connectivity index (χ2n) is 10.0. The molecule has 0 aliphatic carbocycles. The van der Waals surface area contributed by atoms with E-state index >= 15 is 0 Å². The molecular formula is C26H36N6O4. The number of aromatic nitrogens is 2. The zero-order valence-electron chi connectivity index (χ0n) is 21.8. The molecule has 36 heavy (non-hydrogen) atoms. The first-order valence-corrected chi connectivity index (χ1v) is 12.2. The van der Waals surface area contributed by atoms with Crippen LogP contribution in [0.15, 0.2) is 30.6 Å². The van der Waals surface area contributed by atoms with Crippen LogP contribution in [0, 0.1) is 5.92 Å². The van der Waals surface area contributed by atoms with E-state index in [-0.39, 0.29) is 12.0 Å². The van der Waals surface area contributed by atoms with E-state index in [1.165, 1.54) is 6.20 Å². The first-order valence-electron chi connectivity index (χ1n) is 12.2. The number of rotatable bonds is 5. The van der Waals surface area contributed by atoms with Gasteiger partial charge in [-0.05, 0) is 69.2 Å².